The van der Waals surface area contributed by atoms with Gasteiger partial charge in [0.2, 0.25) is 0 Å². The summed E-state index contributed by atoms with van der Waals surface area (Å²) in [6, 6.07) is 1.83. The molecule has 0 aliphatic carbocycles. The summed E-state index contributed by atoms with van der Waals surface area (Å²) in [4.78, 5) is 4.37. The topological polar surface area (TPSA) is 34.1 Å². The van der Waals surface area contributed by atoms with E-state index in [1.165, 1.54) is 0 Å². The fourth-order valence-electron chi connectivity index (χ4n) is 1.27. The number of rotatable bonds is 4. The van der Waals surface area contributed by atoms with E-state index in [0.29, 0.717) is 10.8 Å². The number of aryl methyl sites for hydroxylation is 1. The third kappa shape index (κ3) is 2.59. The molecule has 14 heavy (non-hydrogen) atoms. The van der Waals surface area contributed by atoms with Crippen LogP contribution < -0.4 is 10.1 Å². The van der Waals surface area contributed by atoms with E-state index < -0.39 is 0 Å². The molecule has 0 unspecified atom stereocenters. The molecule has 0 spiro atoms. The van der Waals surface area contributed by atoms with Crippen LogP contribution in [0.3, 0.4) is 0 Å². The van der Waals surface area contributed by atoms with Crippen LogP contribution in [0, 0.1) is 6.92 Å². The molecule has 1 aromatic rings. The fourth-order valence-corrected chi connectivity index (χ4v) is 1.61. The van der Waals surface area contributed by atoms with Crippen molar-refractivity contribution in [1.29, 1.82) is 0 Å². The molecule has 1 aromatic heterocycles. The molecule has 0 bridgehead atoms. The van der Waals surface area contributed by atoms with Gasteiger partial charge in [0.25, 0.3) is 0 Å². The van der Waals surface area contributed by atoms with E-state index in [1.54, 1.807) is 7.11 Å². The molecule has 4 heteroatoms. The summed E-state index contributed by atoms with van der Waals surface area (Å²) in [5.74, 6) is 0.659. The lowest BCUT2D eigenvalue weighted by atomic mass is 10.3. The minimum Gasteiger partial charge on any atom is -0.493 e. The van der Waals surface area contributed by atoms with Crippen molar-refractivity contribution >= 4 is 11.6 Å². The first-order valence-corrected chi connectivity index (χ1v) is 4.97. The zero-order valence-corrected chi connectivity index (χ0v) is 9.48. The Kier molecular flexibility index (Phi) is 4.17. The highest BCUT2D eigenvalue weighted by Crippen LogP contribution is 2.27. The van der Waals surface area contributed by atoms with Gasteiger partial charge in [0.15, 0.2) is 5.75 Å². The molecule has 0 atom stereocenters. The summed E-state index contributed by atoms with van der Waals surface area (Å²) in [5.41, 5.74) is 1.77. The first-order valence-electron chi connectivity index (χ1n) is 4.59. The number of hydrogen-bond acceptors (Lipinski definition) is 3. The van der Waals surface area contributed by atoms with Crippen molar-refractivity contribution < 1.29 is 4.74 Å². The Balaban J connectivity index is 2.90. The number of nitrogens with zero attached hydrogens (tertiary/aromatic N) is 1. The molecule has 0 aromatic carbocycles. The molecule has 0 saturated carbocycles. The molecule has 3 nitrogen and oxygen atoms in total. The average Bonchev–Trinajstić information content (AvgIpc) is 2.14. The predicted molar refractivity (Wildman–Crippen MR) is 57.9 cm³/mol. The summed E-state index contributed by atoms with van der Waals surface area (Å²) in [6.07, 6.45) is 0. The Bertz CT molecular complexity index is 292. The van der Waals surface area contributed by atoms with Crippen molar-refractivity contribution in [3.63, 3.8) is 0 Å². The van der Waals surface area contributed by atoms with Gasteiger partial charge in [0, 0.05) is 6.54 Å². The summed E-state index contributed by atoms with van der Waals surface area (Å²) in [5, 5.41) is 3.81. The molecule has 0 fully saturated rings. The van der Waals surface area contributed by atoms with Crippen LogP contribution in [0.5, 0.6) is 5.75 Å². The second-order valence-corrected chi connectivity index (χ2v) is 3.40. The van der Waals surface area contributed by atoms with Gasteiger partial charge in [-0.25, -0.2) is 0 Å². The number of ether oxygens (including phenoxy) is 1. The summed E-state index contributed by atoms with van der Waals surface area (Å²) in [6.45, 7) is 5.60. The SMILES string of the molecule is CCNCc1cc(Cl)c(OC)c(C)n1. The highest BCUT2D eigenvalue weighted by molar-refractivity contribution is 6.32. The first kappa shape index (κ1) is 11.3. The van der Waals surface area contributed by atoms with E-state index in [9.17, 15) is 0 Å². The van der Waals surface area contributed by atoms with E-state index >= 15 is 0 Å². The van der Waals surface area contributed by atoms with E-state index in [0.717, 1.165) is 24.5 Å². The van der Waals surface area contributed by atoms with Crippen LogP contribution in [0.2, 0.25) is 5.02 Å². The Morgan fingerprint density at radius 1 is 1.57 bits per heavy atom. The van der Waals surface area contributed by atoms with Crippen LogP contribution in [0.15, 0.2) is 6.07 Å². The molecule has 78 valence electrons. The quantitative estimate of drug-likeness (QED) is 0.834. The van der Waals surface area contributed by atoms with Crippen molar-refractivity contribution in [2.24, 2.45) is 0 Å². The lowest BCUT2D eigenvalue weighted by Crippen LogP contribution is -2.13. The van der Waals surface area contributed by atoms with Gasteiger partial charge in [0.05, 0.1) is 23.5 Å². The molecule has 1 rings (SSSR count). The second-order valence-electron chi connectivity index (χ2n) is 2.99. The van der Waals surface area contributed by atoms with Crippen LogP contribution in [0.25, 0.3) is 0 Å². The number of nitrogens with one attached hydrogen (secondary N) is 1. The van der Waals surface area contributed by atoms with Crippen molar-refractivity contribution in [1.82, 2.24) is 10.3 Å². The normalized spacial score (nSPS) is 10.3. The van der Waals surface area contributed by atoms with Gasteiger partial charge in [-0.3, -0.25) is 4.98 Å². The van der Waals surface area contributed by atoms with Crippen molar-refractivity contribution in [2.75, 3.05) is 13.7 Å². The lowest BCUT2D eigenvalue weighted by molar-refractivity contribution is 0.409. The third-order valence-corrected chi connectivity index (χ3v) is 2.19. The Hall–Kier alpha value is -0.800. The third-order valence-electron chi connectivity index (χ3n) is 1.91. The fraction of sp³-hybridized carbons (Fsp3) is 0.500. The predicted octanol–water partition coefficient (Wildman–Crippen LogP) is 2.16. The van der Waals surface area contributed by atoms with E-state index in [2.05, 4.69) is 17.2 Å². The molecular weight excluding hydrogens is 200 g/mol. The van der Waals surface area contributed by atoms with Crippen LogP contribution in [-0.2, 0) is 6.54 Å². The maximum atomic E-state index is 6.02. The average molecular weight is 215 g/mol. The molecule has 0 aliphatic heterocycles. The summed E-state index contributed by atoms with van der Waals surface area (Å²) in [7, 11) is 1.60. The van der Waals surface area contributed by atoms with E-state index in [1.807, 2.05) is 13.0 Å². The smallest absolute Gasteiger partial charge is 0.158 e. The molecule has 1 heterocycles. The second kappa shape index (κ2) is 5.17. The van der Waals surface area contributed by atoms with Crippen molar-refractivity contribution in [3.05, 3.63) is 22.5 Å². The minimum atomic E-state index is 0.618. The zero-order valence-electron chi connectivity index (χ0n) is 8.72. The highest BCUT2D eigenvalue weighted by Gasteiger charge is 2.07. The minimum absolute atomic E-state index is 0.618. The van der Waals surface area contributed by atoms with E-state index in [4.69, 9.17) is 16.3 Å². The zero-order chi connectivity index (χ0) is 10.6. The van der Waals surface area contributed by atoms with Crippen molar-refractivity contribution in [3.8, 4) is 5.75 Å². The number of pyridine rings is 1. The number of aromatic nitrogens is 1. The van der Waals surface area contributed by atoms with Crippen LogP contribution in [0.1, 0.15) is 18.3 Å². The number of halogens is 1. The van der Waals surface area contributed by atoms with Crippen LogP contribution in [-0.4, -0.2) is 18.6 Å². The van der Waals surface area contributed by atoms with Gasteiger partial charge in [-0.2, -0.15) is 0 Å². The van der Waals surface area contributed by atoms with Crippen molar-refractivity contribution in [2.45, 2.75) is 20.4 Å². The monoisotopic (exact) mass is 214 g/mol. The molecule has 0 amide bonds. The Morgan fingerprint density at radius 2 is 2.29 bits per heavy atom. The van der Waals surface area contributed by atoms with Gasteiger partial charge in [-0.15, -0.1) is 0 Å². The van der Waals surface area contributed by atoms with Gasteiger partial charge in [-0.1, -0.05) is 18.5 Å². The Labute approximate surface area is 89.4 Å². The number of hydrogen-bond donors (Lipinski definition) is 1. The molecule has 0 aliphatic rings. The van der Waals surface area contributed by atoms with Crippen LogP contribution in [0.4, 0.5) is 0 Å². The molecule has 1 N–H and O–H groups in total. The van der Waals surface area contributed by atoms with Gasteiger partial charge in [-0.05, 0) is 19.5 Å². The maximum absolute atomic E-state index is 6.02. The van der Waals surface area contributed by atoms with Crippen LogP contribution >= 0.6 is 11.6 Å². The molecule has 0 radical (unpaired) electrons. The molecule has 0 saturated heterocycles. The van der Waals surface area contributed by atoms with Gasteiger partial charge < -0.3 is 10.1 Å². The first-order chi connectivity index (χ1) is 6.69. The standard InChI is InChI=1S/C10H15ClN2O/c1-4-12-6-8-5-9(11)10(14-3)7(2)13-8/h5,12H,4,6H2,1-3H3. The lowest BCUT2D eigenvalue weighted by Gasteiger charge is -2.09. The largest absolute Gasteiger partial charge is 0.493 e. The van der Waals surface area contributed by atoms with Gasteiger partial charge >= 0.3 is 0 Å². The maximum Gasteiger partial charge on any atom is 0.158 e. The molecular formula is C10H15ClN2O. The number of methoxy groups -OCH3 is 1. The van der Waals surface area contributed by atoms with E-state index in [-0.39, 0.29) is 0 Å². The summed E-state index contributed by atoms with van der Waals surface area (Å²) >= 11 is 6.02. The van der Waals surface area contributed by atoms with Gasteiger partial charge in [0.1, 0.15) is 0 Å². The Morgan fingerprint density at radius 3 is 2.79 bits per heavy atom. The summed E-state index contributed by atoms with van der Waals surface area (Å²) < 4.78 is 5.12. The highest BCUT2D eigenvalue weighted by atomic mass is 35.5.